The minimum absolute atomic E-state index is 0.225. The van der Waals surface area contributed by atoms with Gasteiger partial charge in [0.05, 0.1) is 34.4 Å². The first-order valence-electron chi connectivity index (χ1n) is 5.47. The molecule has 0 aromatic rings. The van der Waals surface area contributed by atoms with Gasteiger partial charge in [0.1, 0.15) is 12.6 Å². The van der Waals surface area contributed by atoms with Gasteiger partial charge in [0.25, 0.3) is 0 Å². The molecule has 4 nitrogen and oxygen atoms in total. The molecule has 0 aromatic carbocycles. The van der Waals surface area contributed by atoms with Crippen LogP contribution in [-0.2, 0) is 14.3 Å². The highest BCUT2D eigenvalue weighted by Gasteiger charge is 2.11. The van der Waals surface area contributed by atoms with E-state index in [1.807, 2.05) is 6.92 Å². The van der Waals surface area contributed by atoms with Gasteiger partial charge in [-0.05, 0) is 13.8 Å². The lowest BCUT2D eigenvalue weighted by molar-refractivity contribution is -0.870. The third-order valence-electron chi connectivity index (χ3n) is 1.92. The van der Waals surface area contributed by atoms with Crippen LogP contribution in [0.2, 0.25) is 0 Å². The number of carbonyl (C=O) groups excluding carboxylic acids is 1. The Kier molecular flexibility index (Phi) is 6.29. The Balaban J connectivity index is 3.63. The number of carbonyl (C=O) groups is 1. The average Bonchev–Trinajstić information content (AvgIpc) is 2.10. The van der Waals surface area contributed by atoms with Crippen LogP contribution in [0, 0.1) is 0 Å². The van der Waals surface area contributed by atoms with Crippen molar-refractivity contribution < 1.29 is 18.8 Å². The Morgan fingerprint density at radius 3 is 2.38 bits per heavy atom. The van der Waals surface area contributed by atoms with Gasteiger partial charge >= 0.3 is 5.97 Å². The minimum atomic E-state index is -0.359. The summed E-state index contributed by atoms with van der Waals surface area (Å²) in [5.74, 6) is -0.359. The van der Waals surface area contributed by atoms with Crippen LogP contribution in [0.1, 0.15) is 13.8 Å². The molecule has 4 heteroatoms. The van der Waals surface area contributed by atoms with Crippen molar-refractivity contribution in [3.8, 4) is 0 Å². The van der Waals surface area contributed by atoms with E-state index in [1.165, 1.54) is 0 Å². The summed E-state index contributed by atoms with van der Waals surface area (Å²) < 4.78 is 11.4. The summed E-state index contributed by atoms with van der Waals surface area (Å²) in [5, 5.41) is 0. The van der Waals surface area contributed by atoms with Crippen LogP contribution in [0.25, 0.3) is 0 Å². The summed E-state index contributed by atoms with van der Waals surface area (Å²) in [6.07, 6.45) is -0.225. The lowest BCUT2D eigenvalue weighted by Crippen LogP contribution is -2.38. The van der Waals surface area contributed by atoms with Gasteiger partial charge in [-0.15, -0.1) is 0 Å². The van der Waals surface area contributed by atoms with E-state index in [-0.39, 0.29) is 12.1 Å². The first-order valence-corrected chi connectivity index (χ1v) is 5.47. The number of ether oxygens (including phenoxy) is 2. The van der Waals surface area contributed by atoms with E-state index in [1.54, 1.807) is 6.92 Å². The fraction of sp³-hybridized carbons (Fsp3) is 0.750. The molecule has 0 saturated heterocycles. The Morgan fingerprint density at radius 1 is 1.38 bits per heavy atom. The summed E-state index contributed by atoms with van der Waals surface area (Å²) in [4.78, 5) is 11.2. The Hall–Kier alpha value is -0.870. The van der Waals surface area contributed by atoms with E-state index in [0.29, 0.717) is 18.8 Å². The maximum Gasteiger partial charge on any atom is 0.333 e. The average molecular weight is 230 g/mol. The van der Waals surface area contributed by atoms with E-state index >= 15 is 0 Å². The maximum atomic E-state index is 11.2. The van der Waals surface area contributed by atoms with Crippen LogP contribution >= 0.6 is 0 Å². The summed E-state index contributed by atoms with van der Waals surface area (Å²) >= 11 is 0. The van der Waals surface area contributed by atoms with Gasteiger partial charge in [-0.2, -0.15) is 0 Å². The van der Waals surface area contributed by atoms with E-state index < -0.39 is 0 Å². The van der Waals surface area contributed by atoms with Crippen LogP contribution in [-0.4, -0.2) is 57.5 Å². The first kappa shape index (κ1) is 15.1. The predicted octanol–water partition coefficient (Wildman–Crippen LogP) is 1.22. The van der Waals surface area contributed by atoms with Crippen molar-refractivity contribution >= 4 is 5.97 Å². The van der Waals surface area contributed by atoms with Crippen molar-refractivity contribution in [3.05, 3.63) is 12.2 Å². The normalized spacial score (nSPS) is 13.3. The van der Waals surface area contributed by atoms with Gasteiger partial charge < -0.3 is 14.0 Å². The number of hydrogen-bond acceptors (Lipinski definition) is 3. The van der Waals surface area contributed by atoms with Gasteiger partial charge in [0, 0.05) is 5.57 Å². The smallest absolute Gasteiger partial charge is 0.333 e. The molecule has 0 aliphatic heterocycles. The summed E-state index contributed by atoms with van der Waals surface area (Å²) in [5.41, 5.74) is 0.415. The molecule has 0 aromatic heterocycles. The van der Waals surface area contributed by atoms with Gasteiger partial charge in [-0.25, -0.2) is 4.79 Å². The molecule has 0 N–H and O–H groups in total. The van der Waals surface area contributed by atoms with Gasteiger partial charge in [-0.1, -0.05) is 6.58 Å². The van der Waals surface area contributed by atoms with Crippen LogP contribution < -0.4 is 0 Å². The molecule has 0 aliphatic carbocycles. The van der Waals surface area contributed by atoms with Gasteiger partial charge in [0.15, 0.2) is 0 Å². The Labute approximate surface area is 98.4 Å². The van der Waals surface area contributed by atoms with Crippen molar-refractivity contribution in [2.45, 2.75) is 20.0 Å². The second kappa shape index (κ2) is 6.66. The zero-order chi connectivity index (χ0) is 12.8. The van der Waals surface area contributed by atoms with Crippen LogP contribution in [0.5, 0.6) is 0 Å². The molecule has 0 fully saturated rings. The number of likely N-dealkylation sites (N-methyl/N-ethyl adjacent to an activating group) is 1. The minimum Gasteiger partial charge on any atom is -0.457 e. The molecule has 0 bridgehead atoms. The SMILES string of the molecule is C=C(C)C(=O)OC(C)COCC[N+](C)(C)C. The highest BCUT2D eigenvalue weighted by Crippen LogP contribution is 1.99. The molecular weight excluding hydrogens is 206 g/mol. The van der Waals surface area contributed by atoms with E-state index in [4.69, 9.17) is 9.47 Å². The summed E-state index contributed by atoms with van der Waals surface area (Å²) in [6, 6.07) is 0. The molecule has 16 heavy (non-hydrogen) atoms. The highest BCUT2D eigenvalue weighted by atomic mass is 16.6. The molecule has 0 aliphatic rings. The lowest BCUT2D eigenvalue weighted by Gasteiger charge is -2.24. The van der Waals surface area contributed by atoms with Crippen LogP contribution in [0.3, 0.4) is 0 Å². The zero-order valence-corrected chi connectivity index (χ0v) is 11.1. The fourth-order valence-electron chi connectivity index (χ4n) is 0.905. The fourth-order valence-corrected chi connectivity index (χ4v) is 0.905. The highest BCUT2D eigenvalue weighted by molar-refractivity contribution is 5.87. The lowest BCUT2D eigenvalue weighted by atomic mass is 10.3. The number of nitrogens with zero attached hydrogens (tertiary/aromatic N) is 1. The topological polar surface area (TPSA) is 35.5 Å². The van der Waals surface area contributed by atoms with E-state index in [0.717, 1.165) is 11.0 Å². The van der Waals surface area contributed by atoms with E-state index in [9.17, 15) is 4.79 Å². The molecule has 1 atom stereocenters. The van der Waals surface area contributed by atoms with Gasteiger partial charge in [-0.3, -0.25) is 0 Å². The van der Waals surface area contributed by atoms with Crippen molar-refractivity contribution in [2.24, 2.45) is 0 Å². The van der Waals surface area contributed by atoms with Crippen LogP contribution in [0.15, 0.2) is 12.2 Å². The van der Waals surface area contributed by atoms with E-state index in [2.05, 4.69) is 27.7 Å². The number of esters is 1. The molecule has 1 unspecified atom stereocenters. The van der Waals surface area contributed by atoms with Gasteiger partial charge in [0.2, 0.25) is 0 Å². The maximum absolute atomic E-state index is 11.2. The molecule has 0 rings (SSSR count). The summed E-state index contributed by atoms with van der Waals surface area (Å²) in [6.45, 7) is 8.99. The first-order chi connectivity index (χ1) is 7.22. The third kappa shape index (κ3) is 8.44. The summed E-state index contributed by atoms with van der Waals surface area (Å²) in [7, 11) is 6.32. The number of rotatable bonds is 7. The molecule has 0 spiro atoms. The van der Waals surface area contributed by atoms with Crippen molar-refractivity contribution in [3.63, 3.8) is 0 Å². The van der Waals surface area contributed by atoms with Crippen molar-refractivity contribution in [2.75, 3.05) is 40.9 Å². The van der Waals surface area contributed by atoms with Crippen LogP contribution in [0.4, 0.5) is 0 Å². The van der Waals surface area contributed by atoms with Crippen molar-refractivity contribution in [1.29, 1.82) is 0 Å². The monoisotopic (exact) mass is 230 g/mol. The third-order valence-corrected chi connectivity index (χ3v) is 1.92. The molecular formula is C12H24NO3+. The van der Waals surface area contributed by atoms with Crippen molar-refractivity contribution in [1.82, 2.24) is 0 Å². The number of quaternary nitrogens is 1. The number of hydrogen-bond donors (Lipinski definition) is 0. The largest absolute Gasteiger partial charge is 0.457 e. The Bertz CT molecular complexity index is 243. The molecule has 0 heterocycles. The Morgan fingerprint density at radius 2 is 1.94 bits per heavy atom. The molecule has 0 amide bonds. The molecule has 94 valence electrons. The molecule has 0 saturated carbocycles. The molecule has 0 radical (unpaired) electrons. The second-order valence-corrected chi connectivity index (χ2v) is 5.09. The predicted molar refractivity (Wildman–Crippen MR) is 64.1 cm³/mol. The zero-order valence-electron chi connectivity index (χ0n) is 11.1. The quantitative estimate of drug-likeness (QED) is 0.285. The second-order valence-electron chi connectivity index (χ2n) is 5.09. The standard InChI is InChI=1S/C12H24NO3/c1-10(2)12(14)16-11(3)9-15-8-7-13(4,5)6/h11H,1,7-9H2,2-6H3/q+1.